The van der Waals surface area contributed by atoms with Crippen molar-refractivity contribution in [2.45, 2.75) is 6.92 Å². The van der Waals surface area contributed by atoms with Gasteiger partial charge in [-0.15, -0.1) is 0 Å². The molecule has 0 spiro atoms. The molecule has 152 valence electrons. The molecule has 0 fully saturated rings. The Kier molecular flexibility index (Phi) is 5.34. The summed E-state index contributed by atoms with van der Waals surface area (Å²) in [6.45, 7) is 1.84. The number of benzene rings is 2. The van der Waals surface area contributed by atoms with E-state index in [0.717, 1.165) is 15.8 Å². The third-order valence-corrected chi connectivity index (χ3v) is 5.44. The van der Waals surface area contributed by atoms with E-state index in [4.69, 9.17) is 16.3 Å². The van der Waals surface area contributed by atoms with E-state index in [-0.39, 0.29) is 17.3 Å². The van der Waals surface area contributed by atoms with Crippen LogP contribution in [0.5, 0.6) is 5.75 Å². The number of rotatable bonds is 6. The van der Waals surface area contributed by atoms with Gasteiger partial charge in [0, 0.05) is 10.7 Å². The van der Waals surface area contributed by atoms with E-state index >= 15 is 0 Å². The smallest absolute Gasteiger partial charge is 0.353 e. The summed E-state index contributed by atoms with van der Waals surface area (Å²) in [7, 11) is 1.59. The van der Waals surface area contributed by atoms with Crippen molar-refractivity contribution >= 4 is 61.3 Å². The Morgan fingerprint density at radius 1 is 1.13 bits per heavy atom. The summed E-state index contributed by atoms with van der Waals surface area (Å²) in [5.41, 5.74) is 1.93. The van der Waals surface area contributed by atoms with Gasteiger partial charge in [-0.1, -0.05) is 22.9 Å². The quantitative estimate of drug-likeness (QED) is 0.299. The molecule has 0 aliphatic rings. The Balaban J connectivity index is 1.70. The highest BCUT2D eigenvalue weighted by molar-refractivity contribution is 7.22. The molecule has 0 amide bonds. The lowest BCUT2D eigenvalue weighted by Gasteiger charge is -2.11. The highest BCUT2D eigenvalue weighted by atomic mass is 35.5. The maximum Gasteiger partial charge on any atom is 0.353 e. The number of hydrogen-bond acceptors (Lipinski definition) is 9. The van der Waals surface area contributed by atoms with Crippen LogP contribution in [0, 0.1) is 17.0 Å². The average Bonchev–Trinajstić information content (AvgIpc) is 3.11. The molecular weight excluding hydrogens is 428 g/mol. The van der Waals surface area contributed by atoms with Crippen LogP contribution in [0.1, 0.15) is 5.56 Å². The van der Waals surface area contributed by atoms with Gasteiger partial charge in [-0.05, 0) is 48.9 Å². The molecule has 0 bridgehead atoms. The molecule has 9 nitrogen and oxygen atoms in total. The molecule has 0 unspecified atom stereocenters. The molecule has 0 radical (unpaired) electrons. The van der Waals surface area contributed by atoms with Crippen molar-refractivity contribution in [1.29, 1.82) is 0 Å². The zero-order valence-corrected chi connectivity index (χ0v) is 17.4. The molecule has 4 aromatic rings. The molecule has 2 aromatic carbocycles. The average molecular weight is 443 g/mol. The fourth-order valence-corrected chi connectivity index (χ4v) is 3.94. The first kappa shape index (κ1) is 19.8. The first-order chi connectivity index (χ1) is 14.4. The van der Waals surface area contributed by atoms with Gasteiger partial charge in [0.2, 0.25) is 11.6 Å². The second-order valence-corrected chi connectivity index (χ2v) is 7.71. The van der Waals surface area contributed by atoms with Crippen molar-refractivity contribution in [2.75, 3.05) is 17.7 Å². The number of aryl methyl sites for hydroxylation is 1. The van der Waals surface area contributed by atoms with Gasteiger partial charge in [0.15, 0.2) is 5.13 Å². The van der Waals surface area contributed by atoms with Crippen LogP contribution in [0.3, 0.4) is 0 Å². The Hall–Kier alpha value is -3.50. The SMILES string of the molecule is COc1ccc2nc(Nc3ncnc(Nc4ccc(Cl)cc4C)c3[N+](=O)[O-])sc2c1. The number of hydrogen-bond donors (Lipinski definition) is 2. The van der Waals surface area contributed by atoms with E-state index in [1.807, 2.05) is 19.1 Å². The van der Waals surface area contributed by atoms with Crippen LogP contribution in [-0.4, -0.2) is 27.0 Å². The van der Waals surface area contributed by atoms with Crippen molar-refractivity contribution in [1.82, 2.24) is 15.0 Å². The second kappa shape index (κ2) is 8.09. The number of halogens is 1. The van der Waals surface area contributed by atoms with Crippen molar-refractivity contribution < 1.29 is 9.66 Å². The highest BCUT2D eigenvalue weighted by Crippen LogP contribution is 2.36. The highest BCUT2D eigenvalue weighted by Gasteiger charge is 2.24. The summed E-state index contributed by atoms with van der Waals surface area (Å²) in [6, 6.07) is 10.7. The maximum absolute atomic E-state index is 11.8. The lowest BCUT2D eigenvalue weighted by Crippen LogP contribution is -2.06. The van der Waals surface area contributed by atoms with Crippen LogP contribution in [0.4, 0.5) is 28.1 Å². The van der Waals surface area contributed by atoms with Crippen molar-refractivity contribution in [3.63, 3.8) is 0 Å². The number of methoxy groups -OCH3 is 1. The summed E-state index contributed by atoms with van der Waals surface area (Å²) in [5, 5.41) is 18.8. The molecule has 0 saturated carbocycles. The van der Waals surface area contributed by atoms with Gasteiger partial charge < -0.3 is 15.4 Å². The summed E-state index contributed by atoms with van der Waals surface area (Å²) in [5.74, 6) is 0.802. The number of aromatic nitrogens is 3. The standard InChI is InChI=1S/C19H15ClN6O3S/c1-10-7-11(20)3-5-13(10)23-17-16(26(27)28)18(22-9-21-17)25-19-24-14-6-4-12(29-2)8-15(14)30-19/h3-9H,1-2H3,(H2,21,22,23,24,25). The number of anilines is 4. The lowest BCUT2D eigenvalue weighted by atomic mass is 10.2. The zero-order chi connectivity index (χ0) is 21.3. The molecule has 2 N–H and O–H groups in total. The number of nitrogens with one attached hydrogen (secondary N) is 2. The van der Waals surface area contributed by atoms with Crippen molar-refractivity contribution in [3.8, 4) is 5.75 Å². The van der Waals surface area contributed by atoms with Gasteiger partial charge in [-0.2, -0.15) is 0 Å². The molecule has 2 heterocycles. The topological polar surface area (TPSA) is 115 Å². The largest absolute Gasteiger partial charge is 0.497 e. The van der Waals surface area contributed by atoms with Gasteiger partial charge in [-0.25, -0.2) is 15.0 Å². The number of thiazole rings is 1. The Morgan fingerprint density at radius 2 is 1.90 bits per heavy atom. The van der Waals surface area contributed by atoms with Gasteiger partial charge >= 0.3 is 5.69 Å². The first-order valence-electron chi connectivity index (χ1n) is 8.69. The zero-order valence-electron chi connectivity index (χ0n) is 15.8. The minimum atomic E-state index is -0.535. The van der Waals surface area contributed by atoms with E-state index in [0.29, 0.717) is 21.6 Å². The van der Waals surface area contributed by atoms with Crippen LogP contribution < -0.4 is 15.4 Å². The molecular formula is C19H15ClN6O3S. The molecule has 0 saturated heterocycles. The molecule has 0 aliphatic carbocycles. The Labute approximate surface area is 179 Å². The fraction of sp³-hybridized carbons (Fsp3) is 0.105. The van der Waals surface area contributed by atoms with E-state index in [2.05, 4.69) is 25.6 Å². The van der Waals surface area contributed by atoms with Crippen LogP contribution in [0.2, 0.25) is 5.02 Å². The molecule has 2 aromatic heterocycles. The fourth-order valence-electron chi connectivity index (χ4n) is 2.82. The predicted molar refractivity (Wildman–Crippen MR) is 118 cm³/mol. The number of nitro groups is 1. The molecule has 11 heteroatoms. The summed E-state index contributed by atoms with van der Waals surface area (Å²) in [6.07, 6.45) is 1.25. The molecule has 0 aliphatic heterocycles. The predicted octanol–water partition coefficient (Wildman–Crippen LogP) is 5.45. The van der Waals surface area contributed by atoms with Gasteiger partial charge in [0.1, 0.15) is 12.1 Å². The minimum absolute atomic E-state index is 0.0372. The summed E-state index contributed by atoms with van der Waals surface area (Å²) >= 11 is 7.32. The minimum Gasteiger partial charge on any atom is -0.497 e. The van der Waals surface area contributed by atoms with E-state index in [1.54, 1.807) is 31.4 Å². The number of fused-ring (bicyclic) bond motifs is 1. The third-order valence-electron chi connectivity index (χ3n) is 4.27. The summed E-state index contributed by atoms with van der Waals surface area (Å²) in [4.78, 5) is 23.8. The molecule has 4 rings (SSSR count). The van der Waals surface area contributed by atoms with Gasteiger partial charge in [-0.3, -0.25) is 10.1 Å². The van der Waals surface area contributed by atoms with Gasteiger partial charge in [0.25, 0.3) is 0 Å². The van der Waals surface area contributed by atoms with Gasteiger partial charge in [0.05, 0.1) is 22.2 Å². The second-order valence-electron chi connectivity index (χ2n) is 6.24. The monoisotopic (exact) mass is 442 g/mol. The lowest BCUT2D eigenvalue weighted by molar-refractivity contribution is -0.383. The van der Waals surface area contributed by atoms with Crippen molar-refractivity contribution in [3.05, 3.63) is 63.4 Å². The first-order valence-corrected chi connectivity index (χ1v) is 9.88. The van der Waals surface area contributed by atoms with Crippen molar-refractivity contribution in [2.24, 2.45) is 0 Å². The Bertz CT molecular complexity index is 1260. The van der Waals surface area contributed by atoms with Crippen LogP contribution in [0.25, 0.3) is 10.2 Å². The Morgan fingerprint density at radius 3 is 2.60 bits per heavy atom. The van der Waals surface area contributed by atoms with Crippen LogP contribution >= 0.6 is 22.9 Å². The molecule has 0 atom stereocenters. The number of ether oxygens (including phenoxy) is 1. The van der Waals surface area contributed by atoms with E-state index in [9.17, 15) is 10.1 Å². The van der Waals surface area contributed by atoms with Crippen LogP contribution in [0.15, 0.2) is 42.7 Å². The third kappa shape index (κ3) is 3.95. The maximum atomic E-state index is 11.8. The van der Waals surface area contributed by atoms with E-state index in [1.165, 1.54) is 17.7 Å². The number of nitrogens with zero attached hydrogens (tertiary/aromatic N) is 4. The summed E-state index contributed by atoms with van der Waals surface area (Å²) < 4.78 is 6.10. The normalized spacial score (nSPS) is 10.8. The van der Waals surface area contributed by atoms with E-state index < -0.39 is 4.92 Å². The van der Waals surface area contributed by atoms with Crippen LogP contribution in [-0.2, 0) is 0 Å². The molecule has 30 heavy (non-hydrogen) atoms.